The Morgan fingerprint density at radius 1 is 0.771 bits per heavy atom. The molecule has 0 rings (SSSR count). The van der Waals surface area contributed by atoms with Gasteiger partial charge in [0, 0.05) is 26.6 Å². The van der Waals surface area contributed by atoms with Gasteiger partial charge in [0.15, 0.2) is 18.9 Å². The first-order chi connectivity index (χ1) is 22.8. The van der Waals surface area contributed by atoms with E-state index >= 15 is 0 Å². The van der Waals surface area contributed by atoms with E-state index in [0.717, 1.165) is 0 Å². The summed E-state index contributed by atoms with van der Waals surface area (Å²) in [5, 5.41) is 48.9. The van der Waals surface area contributed by atoms with Crippen molar-refractivity contribution >= 4 is 17.7 Å². The zero-order valence-electron chi connectivity index (χ0n) is 28.8. The number of ether oxygens (including phenoxy) is 8. The fourth-order valence-electron chi connectivity index (χ4n) is 4.13. The number of carbonyl (C=O) groups excluding carboxylic acids is 3. The molecule has 282 valence electrons. The molecule has 0 fully saturated rings. The van der Waals surface area contributed by atoms with Crippen molar-refractivity contribution in [1.29, 1.82) is 0 Å². The maximum atomic E-state index is 12.7. The van der Waals surface area contributed by atoms with Crippen molar-refractivity contribution in [2.24, 2.45) is 5.41 Å². The lowest BCUT2D eigenvalue weighted by atomic mass is 9.75. The van der Waals surface area contributed by atoms with Gasteiger partial charge in [-0.1, -0.05) is 6.58 Å². The molecule has 0 aliphatic heterocycles. The zero-order valence-corrected chi connectivity index (χ0v) is 28.8. The average Bonchev–Trinajstić information content (AvgIpc) is 3.05. The van der Waals surface area contributed by atoms with Gasteiger partial charge in [0.1, 0.15) is 23.4 Å². The summed E-state index contributed by atoms with van der Waals surface area (Å²) >= 11 is 0. The topological polar surface area (TPSA) is 226 Å². The van der Waals surface area contributed by atoms with Gasteiger partial charge >= 0.3 is 11.9 Å². The SMILES string of the molecule is C=CC(O)OCCC(O)OCC(O)COCC(O)COCCCOC(=O)CCOC(O)CCC(CCC(C)OC)(C(C)=O)C(=O)OCC. The summed E-state index contributed by atoms with van der Waals surface area (Å²) < 4.78 is 41.3. The largest absolute Gasteiger partial charge is 0.466 e. The van der Waals surface area contributed by atoms with Gasteiger partial charge in [-0.25, -0.2) is 0 Å². The Balaban J connectivity index is 4.10. The van der Waals surface area contributed by atoms with Crippen molar-refractivity contribution < 1.29 is 77.8 Å². The highest BCUT2D eigenvalue weighted by molar-refractivity contribution is 6.02. The third-order valence-electron chi connectivity index (χ3n) is 7.12. The molecule has 0 spiro atoms. The van der Waals surface area contributed by atoms with Gasteiger partial charge in [-0.3, -0.25) is 14.4 Å². The Hall–Kier alpha value is -2.09. The molecule has 16 nitrogen and oxygen atoms in total. The number of Topliss-reactive ketones (excluding diaryl/α,β-unsaturated/α-hetero) is 1. The molecule has 0 aromatic rings. The zero-order chi connectivity index (χ0) is 36.4. The van der Waals surface area contributed by atoms with Crippen LogP contribution >= 0.6 is 0 Å². The van der Waals surface area contributed by atoms with E-state index in [1.165, 1.54) is 20.1 Å². The van der Waals surface area contributed by atoms with Gasteiger partial charge in [0.05, 0.1) is 65.4 Å². The standard InChI is InChI=1S/C32H58O16/c1-6-27(36)46-17-12-30(39)48-22-26(35)21-43-20-25(34)19-42-15-8-16-45-29(38)11-18-47-28(37)10-14-32(24(4)33,31(40)44-7-2)13-9-23(3)41-5/h6,23,25-28,30,34-37,39H,1,7-22H2,2-5H3. The van der Waals surface area contributed by atoms with Crippen molar-refractivity contribution in [3.05, 3.63) is 12.7 Å². The van der Waals surface area contributed by atoms with Crippen molar-refractivity contribution in [3.63, 3.8) is 0 Å². The van der Waals surface area contributed by atoms with Crippen LogP contribution in [0.1, 0.15) is 65.7 Å². The van der Waals surface area contributed by atoms with Gasteiger partial charge in [-0.15, -0.1) is 0 Å². The summed E-state index contributed by atoms with van der Waals surface area (Å²) in [4.78, 5) is 37.3. The molecule has 48 heavy (non-hydrogen) atoms. The summed E-state index contributed by atoms with van der Waals surface area (Å²) in [5.41, 5.74) is -1.43. The molecule has 16 heteroatoms. The van der Waals surface area contributed by atoms with E-state index in [4.69, 9.17) is 37.9 Å². The number of carbonyl (C=O) groups is 3. The Kier molecular flexibility index (Phi) is 26.5. The molecule has 0 aromatic carbocycles. The number of methoxy groups -OCH3 is 1. The van der Waals surface area contributed by atoms with Crippen LogP contribution in [0.25, 0.3) is 0 Å². The molecule has 0 heterocycles. The molecule has 0 aromatic heterocycles. The Labute approximate surface area is 283 Å². The van der Waals surface area contributed by atoms with E-state index in [2.05, 4.69) is 6.58 Å². The van der Waals surface area contributed by atoms with Gasteiger partial charge in [-0.2, -0.15) is 0 Å². The lowest BCUT2D eigenvalue weighted by molar-refractivity contribution is -0.163. The summed E-state index contributed by atoms with van der Waals surface area (Å²) in [6.07, 6.45) is -3.71. The first-order valence-corrected chi connectivity index (χ1v) is 16.2. The summed E-state index contributed by atoms with van der Waals surface area (Å²) in [6.45, 7) is 7.89. The van der Waals surface area contributed by atoms with Crippen LogP contribution in [-0.2, 0) is 52.3 Å². The molecular formula is C32H58O16. The first-order valence-electron chi connectivity index (χ1n) is 16.2. The number of ketones is 1. The van der Waals surface area contributed by atoms with Gasteiger partial charge in [-0.05, 0) is 52.5 Å². The normalized spacial score (nSPS) is 16.6. The minimum atomic E-state index is -1.43. The van der Waals surface area contributed by atoms with Crippen molar-refractivity contribution in [2.45, 2.75) is 103 Å². The second kappa shape index (κ2) is 27.7. The molecule has 0 bridgehead atoms. The molecule has 7 unspecified atom stereocenters. The van der Waals surface area contributed by atoms with Crippen LogP contribution in [0.2, 0.25) is 0 Å². The highest BCUT2D eigenvalue weighted by Crippen LogP contribution is 2.34. The predicted octanol–water partition coefficient (Wildman–Crippen LogP) is 0.380. The second-order valence-corrected chi connectivity index (χ2v) is 11.1. The quantitative estimate of drug-likeness (QED) is 0.0210. The van der Waals surface area contributed by atoms with E-state index in [1.807, 2.05) is 6.92 Å². The number of hydrogen-bond acceptors (Lipinski definition) is 16. The maximum Gasteiger partial charge on any atom is 0.319 e. The molecule has 0 aliphatic carbocycles. The van der Waals surface area contributed by atoms with Gasteiger partial charge < -0.3 is 63.4 Å². The van der Waals surface area contributed by atoms with Crippen LogP contribution in [0, 0.1) is 5.41 Å². The predicted molar refractivity (Wildman–Crippen MR) is 169 cm³/mol. The Bertz CT molecular complexity index is 873. The molecular weight excluding hydrogens is 640 g/mol. The van der Waals surface area contributed by atoms with Crippen LogP contribution in [0.5, 0.6) is 0 Å². The van der Waals surface area contributed by atoms with E-state index in [-0.39, 0.29) is 103 Å². The lowest BCUT2D eigenvalue weighted by Crippen LogP contribution is -2.41. The van der Waals surface area contributed by atoms with Crippen LogP contribution in [0.4, 0.5) is 0 Å². The molecule has 7 atom stereocenters. The van der Waals surface area contributed by atoms with Crippen molar-refractivity contribution in [3.8, 4) is 0 Å². The minimum Gasteiger partial charge on any atom is -0.466 e. The van der Waals surface area contributed by atoms with E-state index in [9.17, 15) is 39.9 Å². The minimum absolute atomic E-state index is 0.00714. The average molecular weight is 699 g/mol. The highest BCUT2D eigenvalue weighted by Gasteiger charge is 2.44. The molecule has 0 radical (unpaired) electrons. The smallest absolute Gasteiger partial charge is 0.319 e. The number of esters is 2. The van der Waals surface area contributed by atoms with E-state index in [1.54, 1.807) is 6.92 Å². The van der Waals surface area contributed by atoms with Crippen LogP contribution in [-0.4, -0.2) is 147 Å². The first kappa shape index (κ1) is 45.9. The third kappa shape index (κ3) is 21.8. The molecule has 0 saturated heterocycles. The second-order valence-electron chi connectivity index (χ2n) is 11.1. The fourth-order valence-corrected chi connectivity index (χ4v) is 4.13. The van der Waals surface area contributed by atoms with Gasteiger partial charge in [0.2, 0.25) is 0 Å². The molecule has 0 aliphatic rings. The third-order valence-corrected chi connectivity index (χ3v) is 7.12. The molecule has 0 saturated carbocycles. The van der Waals surface area contributed by atoms with E-state index in [0.29, 0.717) is 12.8 Å². The van der Waals surface area contributed by atoms with Crippen LogP contribution in [0.3, 0.4) is 0 Å². The maximum absolute atomic E-state index is 12.7. The Morgan fingerprint density at radius 2 is 1.40 bits per heavy atom. The molecule has 0 amide bonds. The van der Waals surface area contributed by atoms with Crippen LogP contribution < -0.4 is 0 Å². The Morgan fingerprint density at radius 3 is 2.02 bits per heavy atom. The summed E-state index contributed by atoms with van der Waals surface area (Å²) in [5.74, 6) is -1.57. The lowest BCUT2D eigenvalue weighted by Gasteiger charge is -2.30. The van der Waals surface area contributed by atoms with E-state index < -0.39 is 48.4 Å². The number of hydrogen-bond donors (Lipinski definition) is 5. The number of rotatable bonds is 32. The van der Waals surface area contributed by atoms with Gasteiger partial charge in [0.25, 0.3) is 0 Å². The molecule has 5 N–H and O–H groups in total. The van der Waals surface area contributed by atoms with Crippen LogP contribution in [0.15, 0.2) is 12.7 Å². The monoisotopic (exact) mass is 698 g/mol. The fraction of sp³-hybridized carbons (Fsp3) is 0.844. The summed E-state index contributed by atoms with van der Waals surface area (Å²) in [6, 6.07) is 0. The number of aliphatic hydroxyl groups is 5. The van der Waals surface area contributed by atoms with Crippen molar-refractivity contribution in [2.75, 3.05) is 66.6 Å². The highest BCUT2D eigenvalue weighted by atomic mass is 16.6. The number of aliphatic hydroxyl groups excluding tert-OH is 5. The van der Waals surface area contributed by atoms with Crippen molar-refractivity contribution in [1.82, 2.24) is 0 Å². The summed E-state index contributed by atoms with van der Waals surface area (Å²) in [7, 11) is 1.54.